The molecule has 1 amide bonds. The van der Waals surface area contributed by atoms with E-state index in [-0.39, 0.29) is 40.7 Å². The zero-order valence-corrected chi connectivity index (χ0v) is 19.5. The van der Waals surface area contributed by atoms with Crippen molar-refractivity contribution in [1.29, 1.82) is 5.41 Å². The van der Waals surface area contributed by atoms with Gasteiger partial charge in [-0.3, -0.25) is 20.1 Å². The Morgan fingerprint density at radius 3 is 2.68 bits per heavy atom. The number of amides is 1. The first kappa shape index (κ1) is 24.3. The molecule has 2 aliphatic rings. The van der Waals surface area contributed by atoms with E-state index in [1.165, 1.54) is 18.0 Å². The molecule has 0 radical (unpaired) electrons. The van der Waals surface area contributed by atoms with Crippen LogP contribution in [0.5, 0.6) is 0 Å². The van der Waals surface area contributed by atoms with E-state index in [0.29, 0.717) is 37.3 Å². The average molecular weight is 496 g/mol. The van der Waals surface area contributed by atoms with E-state index in [0.717, 1.165) is 6.07 Å². The highest BCUT2D eigenvalue weighted by Crippen LogP contribution is 2.40. The predicted octanol–water partition coefficient (Wildman–Crippen LogP) is 4.96. The number of halogens is 4. The van der Waals surface area contributed by atoms with E-state index in [4.69, 9.17) is 21.7 Å². The summed E-state index contributed by atoms with van der Waals surface area (Å²) < 4.78 is 45.2. The molecule has 11 heteroatoms. The van der Waals surface area contributed by atoms with Crippen LogP contribution in [0.2, 0.25) is 5.02 Å². The van der Waals surface area contributed by atoms with Crippen molar-refractivity contribution in [2.75, 3.05) is 18.5 Å². The van der Waals surface area contributed by atoms with E-state index in [1.807, 2.05) is 0 Å². The SMILES string of the molecule is Cc1ncc(Nc2cccc([C@]3(C)CC(=O)N(C4CCOCC4)C(=N)N3)c2Cl)cc1C(F)(F)F. The van der Waals surface area contributed by atoms with Gasteiger partial charge in [0.15, 0.2) is 5.96 Å². The third kappa shape index (κ3) is 4.69. The first-order valence-electron chi connectivity index (χ1n) is 10.9. The Bertz CT molecular complexity index is 1100. The molecular weight excluding hydrogens is 471 g/mol. The molecule has 3 heterocycles. The number of pyridine rings is 1. The summed E-state index contributed by atoms with van der Waals surface area (Å²) in [4.78, 5) is 18.4. The quantitative estimate of drug-likeness (QED) is 0.558. The molecule has 0 bridgehead atoms. The largest absolute Gasteiger partial charge is 0.418 e. The molecule has 1 atom stereocenters. The van der Waals surface area contributed by atoms with Gasteiger partial charge in [-0.1, -0.05) is 23.7 Å². The summed E-state index contributed by atoms with van der Waals surface area (Å²) >= 11 is 6.67. The normalized spacial score (nSPS) is 22.0. The maximum absolute atomic E-state index is 13.3. The number of nitrogens with one attached hydrogen (secondary N) is 3. The minimum Gasteiger partial charge on any atom is -0.381 e. The van der Waals surface area contributed by atoms with E-state index >= 15 is 0 Å². The fourth-order valence-corrected chi connectivity index (χ4v) is 4.85. The van der Waals surface area contributed by atoms with Gasteiger partial charge in [0.05, 0.1) is 40.1 Å². The van der Waals surface area contributed by atoms with Gasteiger partial charge in [-0.2, -0.15) is 13.2 Å². The molecule has 0 aliphatic carbocycles. The van der Waals surface area contributed by atoms with Gasteiger partial charge in [0.2, 0.25) is 5.91 Å². The number of anilines is 2. The topological polar surface area (TPSA) is 90.3 Å². The molecule has 7 nitrogen and oxygen atoms in total. The van der Waals surface area contributed by atoms with Crippen LogP contribution in [0, 0.1) is 12.3 Å². The minimum absolute atomic E-state index is 0.00219. The van der Waals surface area contributed by atoms with Crippen LogP contribution in [-0.4, -0.2) is 41.0 Å². The summed E-state index contributed by atoms with van der Waals surface area (Å²) in [6.45, 7) is 4.16. The second kappa shape index (κ2) is 9.07. The highest BCUT2D eigenvalue weighted by atomic mass is 35.5. The summed E-state index contributed by atoms with van der Waals surface area (Å²) in [5.74, 6) is -0.192. The molecule has 1 aromatic heterocycles. The molecule has 2 fully saturated rings. The van der Waals surface area contributed by atoms with Gasteiger partial charge < -0.3 is 15.4 Å². The fourth-order valence-electron chi connectivity index (χ4n) is 4.47. The molecule has 3 N–H and O–H groups in total. The zero-order valence-electron chi connectivity index (χ0n) is 18.7. The predicted molar refractivity (Wildman–Crippen MR) is 122 cm³/mol. The van der Waals surface area contributed by atoms with Crippen LogP contribution in [-0.2, 0) is 21.2 Å². The van der Waals surface area contributed by atoms with Crippen LogP contribution >= 0.6 is 11.6 Å². The number of carbonyl (C=O) groups is 1. The number of alkyl halides is 3. The lowest BCUT2D eigenvalue weighted by Gasteiger charge is -2.45. The summed E-state index contributed by atoms with van der Waals surface area (Å²) in [5.41, 5.74) is -0.867. The molecule has 2 saturated heterocycles. The standard InChI is InChI=1S/C23H25ClF3N5O2/c1-13-17(23(25,26)27)10-14(12-29-13)30-18-5-3-4-16(20(18)24)22(2)11-19(33)32(21(28)31-22)15-6-8-34-9-7-15/h3-5,10,12,15,30H,6-9,11H2,1-2H3,(H2,28,31)/t22-/m0/s1. The van der Waals surface area contributed by atoms with Crippen molar-refractivity contribution < 1.29 is 22.7 Å². The van der Waals surface area contributed by atoms with Gasteiger partial charge in [0.1, 0.15) is 0 Å². The lowest BCUT2D eigenvalue weighted by Crippen LogP contribution is -2.62. The Labute approximate surface area is 200 Å². The van der Waals surface area contributed by atoms with Crippen molar-refractivity contribution in [3.05, 3.63) is 52.3 Å². The summed E-state index contributed by atoms with van der Waals surface area (Å²) in [6.07, 6.45) is -1.83. The van der Waals surface area contributed by atoms with Crippen LogP contribution in [0.1, 0.15) is 43.0 Å². The van der Waals surface area contributed by atoms with Gasteiger partial charge in [-0.25, -0.2) is 0 Å². The van der Waals surface area contributed by atoms with Crippen molar-refractivity contribution >= 4 is 34.8 Å². The van der Waals surface area contributed by atoms with E-state index in [2.05, 4.69) is 15.6 Å². The lowest BCUT2D eigenvalue weighted by molar-refractivity contribution is -0.138. The average Bonchev–Trinajstić information content (AvgIpc) is 2.75. The van der Waals surface area contributed by atoms with Crippen LogP contribution in [0.15, 0.2) is 30.5 Å². The maximum atomic E-state index is 13.3. The highest BCUT2D eigenvalue weighted by molar-refractivity contribution is 6.34. The number of hydrogen-bond donors (Lipinski definition) is 3. The van der Waals surface area contributed by atoms with Gasteiger partial charge in [0, 0.05) is 24.9 Å². The van der Waals surface area contributed by atoms with Gasteiger partial charge in [-0.05, 0) is 44.4 Å². The third-order valence-electron chi connectivity index (χ3n) is 6.23. The van der Waals surface area contributed by atoms with Crippen LogP contribution in [0.25, 0.3) is 0 Å². The Morgan fingerprint density at radius 2 is 2.03 bits per heavy atom. The number of carbonyl (C=O) groups excluding carboxylic acids is 1. The number of hydrogen-bond acceptors (Lipinski definition) is 5. The van der Waals surface area contributed by atoms with Crippen LogP contribution < -0.4 is 10.6 Å². The molecule has 2 aliphatic heterocycles. The smallest absolute Gasteiger partial charge is 0.381 e. The van der Waals surface area contributed by atoms with Gasteiger partial charge in [0.25, 0.3) is 0 Å². The number of guanidine groups is 1. The van der Waals surface area contributed by atoms with Crippen molar-refractivity contribution in [3.8, 4) is 0 Å². The Hall–Kier alpha value is -2.85. The fraction of sp³-hybridized carbons (Fsp3) is 0.435. The van der Waals surface area contributed by atoms with Crippen LogP contribution in [0.3, 0.4) is 0 Å². The molecule has 182 valence electrons. The summed E-state index contributed by atoms with van der Waals surface area (Å²) in [5, 5.41) is 14.8. The summed E-state index contributed by atoms with van der Waals surface area (Å²) in [6, 6.07) is 5.96. The number of nitrogens with zero attached hydrogens (tertiary/aromatic N) is 2. The second-order valence-electron chi connectivity index (χ2n) is 8.74. The first-order valence-corrected chi connectivity index (χ1v) is 11.2. The monoisotopic (exact) mass is 495 g/mol. The Balaban J connectivity index is 1.60. The molecule has 0 unspecified atom stereocenters. The molecule has 0 saturated carbocycles. The number of aryl methyl sites for hydroxylation is 1. The molecule has 4 rings (SSSR count). The minimum atomic E-state index is -4.53. The maximum Gasteiger partial charge on any atom is 0.418 e. The molecule has 2 aromatic rings. The number of benzene rings is 1. The van der Waals surface area contributed by atoms with Gasteiger partial charge in [-0.15, -0.1) is 0 Å². The van der Waals surface area contributed by atoms with Gasteiger partial charge >= 0.3 is 6.18 Å². The first-order chi connectivity index (χ1) is 16.0. The third-order valence-corrected chi connectivity index (χ3v) is 6.64. The second-order valence-corrected chi connectivity index (χ2v) is 9.11. The van der Waals surface area contributed by atoms with E-state index in [9.17, 15) is 18.0 Å². The van der Waals surface area contributed by atoms with Crippen molar-refractivity contribution in [2.45, 2.75) is 50.9 Å². The Morgan fingerprint density at radius 1 is 1.32 bits per heavy atom. The Kier molecular flexibility index (Phi) is 6.48. The molecule has 34 heavy (non-hydrogen) atoms. The number of aromatic nitrogens is 1. The molecule has 1 aromatic carbocycles. The molecular formula is C23H25ClF3N5O2. The van der Waals surface area contributed by atoms with Crippen molar-refractivity contribution in [1.82, 2.24) is 15.2 Å². The summed E-state index contributed by atoms with van der Waals surface area (Å²) in [7, 11) is 0. The van der Waals surface area contributed by atoms with Crippen LogP contribution in [0.4, 0.5) is 24.5 Å². The van der Waals surface area contributed by atoms with Crippen molar-refractivity contribution in [3.63, 3.8) is 0 Å². The number of rotatable bonds is 4. The zero-order chi connectivity index (χ0) is 24.7. The highest BCUT2D eigenvalue weighted by Gasteiger charge is 2.43. The molecule has 0 spiro atoms. The number of ether oxygens (including phenoxy) is 1. The van der Waals surface area contributed by atoms with Crippen molar-refractivity contribution in [2.24, 2.45) is 0 Å². The lowest BCUT2D eigenvalue weighted by atomic mass is 9.85. The van der Waals surface area contributed by atoms with E-state index < -0.39 is 17.3 Å². The van der Waals surface area contributed by atoms with E-state index in [1.54, 1.807) is 25.1 Å².